The summed E-state index contributed by atoms with van der Waals surface area (Å²) in [4.78, 5) is 28.7. The summed E-state index contributed by atoms with van der Waals surface area (Å²) in [6, 6.07) is 34.7. The lowest BCUT2D eigenvalue weighted by molar-refractivity contribution is -0.132. The number of sulfonamides is 1. The van der Waals surface area contributed by atoms with Crippen molar-refractivity contribution in [3.8, 4) is 5.75 Å². The molecule has 0 heterocycles. The molecule has 8 heteroatoms. The molecule has 41 heavy (non-hydrogen) atoms. The Morgan fingerprint density at radius 3 is 2.10 bits per heavy atom. The Labute approximate surface area is 241 Å². The van der Waals surface area contributed by atoms with Gasteiger partial charge < -0.3 is 9.64 Å². The Balaban J connectivity index is 1.57. The lowest BCUT2D eigenvalue weighted by atomic mass is 9.96. The predicted molar refractivity (Wildman–Crippen MR) is 161 cm³/mol. The zero-order valence-electron chi connectivity index (χ0n) is 22.7. The van der Waals surface area contributed by atoms with Gasteiger partial charge in [-0.3, -0.25) is 9.59 Å². The maximum absolute atomic E-state index is 13.8. The normalized spacial score (nSPS) is 12.0. The number of carbonyl (C=O) groups is 2. The molecule has 0 aromatic heterocycles. The molecule has 4 aromatic carbocycles. The fraction of sp³-hybridized carbons (Fsp3) is 0.152. The molecule has 210 valence electrons. The van der Waals surface area contributed by atoms with E-state index in [4.69, 9.17) is 4.74 Å². The molecule has 2 amide bonds. The fourth-order valence-corrected chi connectivity index (χ4v) is 5.10. The van der Waals surface area contributed by atoms with Crippen LogP contribution in [0.2, 0.25) is 0 Å². The van der Waals surface area contributed by atoms with E-state index in [1.807, 2.05) is 42.5 Å². The maximum Gasteiger partial charge on any atom is 0.257 e. The van der Waals surface area contributed by atoms with Crippen molar-refractivity contribution in [2.24, 2.45) is 5.92 Å². The van der Waals surface area contributed by atoms with Crippen LogP contribution in [0.3, 0.4) is 0 Å². The van der Waals surface area contributed by atoms with E-state index in [-0.39, 0.29) is 6.42 Å². The van der Waals surface area contributed by atoms with E-state index in [0.29, 0.717) is 35.7 Å². The highest BCUT2D eigenvalue weighted by molar-refractivity contribution is 7.93. The number of anilines is 1. The number of rotatable bonds is 12. The standard InChI is InChI=1S/C33H32N2O5S/c1-2-35(29-18-10-5-11-19-29)33(37)31(32(36)34-41(38,39)22-21-26-13-6-3-7-14-26)24-28-17-12-20-30(23-28)40-25-27-15-8-4-9-16-27/h3-23,31H,2,24-25H2,1H3,(H,34,36)/b22-21+. The van der Waals surface area contributed by atoms with Gasteiger partial charge in [0.1, 0.15) is 18.3 Å². The molecule has 1 unspecified atom stereocenters. The number of nitrogens with one attached hydrogen (secondary N) is 1. The molecular weight excluding hydrogens is 536 g/mol. The topological polar surface area (TPSA) is 92.8 Å². The Morgan fingerprint density at radius 1 is 0.829 bits per heavy atom. The zero-order chi connectivity index (χ0) is 29.1. The molecule has 0 saturated heterocycles. The fourth-order valence-electron chi connectivity index (χ4n) is 4.27. The van der Waals surface area contributed by atoms with Crippen LogP contribution >= 0.6 is 0 Å². The third-order valence-electron chi connectivity index (χ3n) is 6.33. The summed E-state index contributed by atoms with van der Waals surface area (Å²) < 4.78 is 33.6. The lowest BCUT2D eigenvalue weighted by Gasteiger charge is -2.26. The molecule has 7 nitrogen and oxygen atoms in total. The summed E-state index contributed by atoms with van der Waals surface area (Å²) in [6.45, 7) is 2.46. The van der Waals surface area contributed by atoms with Crippen molar-refractivity contribution in [1.82, 2.24) is 4.72 Å². The molecule has 0 aliphatic rings. The maximum atomic E-state index is 13.8. The summed E-state index contributed by atoms with van der Waals surface area (Å²) in [6.07, 6.45) is 1.37. The van der Waals surface area contributed by atoms with Crippen LogP contribution in [0.4, 0.5) is 5.69 Å². The highest BCUT2D eigenvalue weighted by Gasteiger charge is 2.33. The van der Waals surface area contributed by atoms with Crippen molar-refractivity contribution in [2.75, 3.05) is 11.4 Å². The average Bonchev–Trinajstić information content (AvgIpc) is 3.00. The van der Waals surface area contributed by atoms with Crippen LogP contribution in [-0.4, -0.2) is 26.8 Å². The van der Waals surface area contributed by atoms with Gasteiger partial charge in [0.2, 0.25) is 11.8 Å². The van der Waals surface area contributed by atoms with E-state index < -0.39 is 27.8 Å². The number of amides is 2. The molecule has 0 aliphatic heterocycles. The van der Waals surface area contributed by atoms with Gasteiger partial charge in [-0.1, -0.05) is 91.0 Å². The van der Waals surface area contributed by atoms with Gasteiger partial charge in [-0.25, -0.2) is 13.1 Å². The SMILES string of the molecule is CCN(C(=O)C(Cc1cccc(OCc2ccccc2)c1)C(=O)NS(=O)(=O)/C=C/c1ccccc1)c1ccccc1. The molecule has 0 fully saturated rings. The molecule has 4 rings (SSSR count). The Kier molecular flexibility index (Phi) is 10.1. The van der Waals surface area contributed by atoms with E-state index in [2.05, 4.69) is 4.72 Å². The van der Waals surface area contributed by atoms with Gasteiger partial charge >= 0.3 is 0 Å². The Bertz CT molecular complexity index is 1570. The average molecular weight is 569 g/mol. The summed E-state index contributed by atoms with van der Waals surface area (Å²) in [7, 11) is -4.17. The Hall–Kier alpha value is -4.69. The van der Waals surface area contributed by atoms with E-state index in [1.165, 1.54) is 11.0 Å². The first-order valence-electron chi connectivity index (χ1n) is 13.3. The molecular formula is C33H32N2O5S. The van der Waals surface area contributed by atoms with Crippen molar-refractivity contribution in [1.29, 1.82) is 0 Å². The molecule has 0 aliphatic carbocycles. The molecule has 0 saturated carbocycles. The molecule has 0 bridgehead atoms. The van der Waals surface area contributed by atoms with Gasteiger partial charge in [0.15, 0.2) is 0 Å². The lowest BCUT2D eigenvalue weighted by Crippen LogP contribution is -2.46. The second-order valence-electron chi connectivity index (χ2n) is 9.32. The summed E-state index contributed by atoms with van der Waals surface area (Å²) in [5.74, 6) is -2.14. The van der Waals surface area contributed by atoms with Crippen LogP contribution in [0.15, 0.2) is 121 Å². The number of carbonyl (C=O) groups excluding carboxylic acids is 2. The van der Waals surface area contributed by atoms with Crippen LogP contribution < -0.4 is 14.4 Å². The van der Waals surface area contributed by atoms with Crippen LogP contribution in [0, 0.1) is 5.92 Å². The number of hydrogen-bond acceptors (Lipinski definition) is 5. The largest absolute Gasteiger partial charge is 0.489 e. The molecule has 0 radical (unpaired) electrons. The minimum Gasteiger partial charge on any atom is -0.489 e. The van der Waals surface area contributed by atoms with Gasteiger partial charge in [-0.05, 0) is 60.4 Å². The number of para-hydroxylation sites is 1. The minimum atomic E-state index is -4.17. The first-order valence-corrected chi connectivity index (χ1v) is 14.8. The molecule has 0 spiro atoms. The first-order chi connectivity index (χ1) is 19.8. The van der Waals surface area contributed by atoms with Gasteiger partial charge in [0, 0.05) is 12.2 Å². The van der Waals surface area contributed by atoms with Gasteiger partial charge in [0.05, 0.1) is 5.41 Å². The predicted octanol–water partition coefficient (Wildman–Crippen LogP) is 5.59. The van der Waals surface area contributed by atoms with Crippen molar-refractivity contribution in [3.05, 3.63) is 137 Å². The van der Waals surface area contributed by atoms with Crippen molar-refractivity contribution in [3.63, 3.8) is 0 Å². The third kappa shape index (κ3) is 8.65. The molecule has 1 N–H and O–H groups in total. The summed E-state index contributed by atoms with van der Waals surface area (Å²) in [5, 5.41) is 0.925. The second kappa shape index (κ2) is 14.1. The smallest absolute Gasteiger partial charge is 0.257 e. The highest BCUT2D eigenvalue weighted by Crippen LogP contribution is 2.22. The molecule has 4 aromatic rings. The van der Waals surface area contributed by atoms with Crippen molar-refractivity contribution in [2.45, 2.75) is 20.0 Å². The van der Waals surface area contributed by atoms with Crippen LogP contribution in [0.25, 0.3) is 6.08 Å². The van der Waals surface area contributed by atoms with Crippen molar-refractivity contribution < 1.29 is 22.7 Å². The van der Waals surface area contributed by atoms with Crippen molar-refractivity contribution >= 4 is 33.6 Å². The first kappa shape index (κ1) is 29.3. The van der Waals surface area contributed by atoms with Crippen LogP contribution in [0.5, 0.6) is 5.75 Å². The monoisotopic (exact) mass is 568 g/mol. The van der Waals surface area contributed by atoms with E-state index in [0.717, 1.165) is 11.0 Å². The molecule has 1 atom stereocenters. The quantitative estimate of drug-likeness (QED) is 0.225. The number of hydrogen-bond donors (Lipinski definition) is 1. The zero-order valence-corrected chi connectivity index (χ0v) is 23.5. The van der Waals surface area contributed by atoms with E-state index in [1.54, 1.807) is 79.7 Å². The van der Waals surface area contributed by atoms with E-state index in [9.17, 15) is 18.0 Å². The highest BCUT2D eigenvalue weighted by atomic mass is 32.2. The third-order valence-corrected chi connectivity index (χ3v) is 7.31. The number of nitrogens with zero attached hydrogens (tertiary/aromatic N) is 1. The van der Waals surface area contributed by atoms with Crippen LogP contribution in [-0.2, 0) is 32.6 Å². The van der Waals surface area contributed by atoms with Gasteiger partial charge in [-0.15, -0.1) is 0 Å². The summed E-state index contributed by atoms with van der Waals surface area (Å²) >= 11 is 0. The van der Waals surface area contributed by atoms with Gasteiger partial charge in [0.25, 0.3) is 10.0 Å². The van der Waals surface area contributed by atoms with E-state index >= 15 is 0 Å². The van der Waals surface area contributed by atoms with Gasteiger partial charge in [-0.2, -0.15) is 0 Å². The number of benzene rings is 4. The number of ether oxygens (including phenoxy) is 1. The van der Waals surface area contributed by atoms with Crippen LogP contribution in [0.1, 0.15) is 23.6 Å². The Morgan fingerprint density at radius 2 is 1.44 bits per heavy atom. The minimum absolute atomic E-state index is 0.0194. The summed E-state index contributed by atoms with van der Waals surface area (Å²) in [5.41, 5.74) is 2.93. The second-order valence-corrected chi connectivity index (χ2v) is 10.9.